The Morgan fingerprint density at radius 3 is 2.79 bits per heavy atom. The molecule has 0 aliphatic carbocycles. The standard InChI is InChI=1S/C11H23NO2/c1-8(6-9(2)13)12-11-4-5-14-10(3)7-11/h8-13H,4-7H2,1-3H3. The molecular formula is C11H23NO2. The molecule has 4 atom stereocenters. The van der Waals surface area contributed by atoms with Gasteiger partial charge in [-0.3, -0.25) is 0 Å². The van der Waals surface area contributed by atoms with Crippen LogP contribution in [-0.4, -0.2) is 36.0 Å². The van der Waals surface area contributed by atoms with E-state index in [-0.39, 0.29) is 6.10 Å². The summed E-state index contributed by atoms with van der Waals surface area (Å²) in [6.07, 6.45) is 3.17. The zero-order valence-electron chi connectivity index (χ0n) is 9.49. The van der Waals surface area contributed by atoms with Crippen molar-refractivity contribution in [1.29, 1.82) is 0 Å². The van der Waals surface area contributed by atoms with Crippen LogP contribution in [0.3, 0.4) is 0 Å². The van der Waals surface area contributed by atoms with Gasteiger partial charge in [0.1, 0.15) is 0 Å². The molecule has 3 nitrogen and oxygen atoms in total. The van der Waals surface area contributed by atoms with Gasteiger partial charge in [0.25, 0.3) is 0 Å². The Hall–Kier alpha value is -0.120. The summed E-state index contributed by atoms with van der Waals surface area (Å²) in [5.74, 6) is 0. The van der Waals surface area contributed by atoms with Crippen molar-refractivity contribution in [2.24, 2.45) is 0 Å². The molecule has 1 saturated heterocycles. The molecule has 0 amide bonds. The Kier molecular flexibility index (Phi) is 4.85. The number of hydrogen-bond donors (Lipinski definition) is 2. The number of ether oxygens (including phenoxy) is 1. The average Bonchev–Trinajstić information content (AvgIpc) is 2.01. The van der Waals surface area contributed by atoms with E-state index in [1.54, 1.807) is 0 Å². The van der Waals surface area contributed by atoms with Gasteiger partial charge in [0.05, 0.1) is 12.2 Å². The third-order valence-electron chi connectivity index (χ3n) is 2.70. The van der Waals surface area contributed by atoms with Gasteiger partial charge >= 0.3 is 0 Å². The Labute approximate surface area is 86.8 Å². The van der Waals surface area contributed by atoms with Crippen LogP contribution >= 0.6 is 0 Å². The van der Waals surface area contributed by atoms with Crippen molar-refractivity contribution in [3.63, 3.8) is 0 Å². The van der Waals surface area contributed by atoms with E-state index in [9.17, 15) is 5.11 Å². The number of nitrogens with one attached hydrogen (secondary N) is 1. The van der Waals surface area contributed by atoms with Gasteiger partial charge in [0, 0.05) is 18.7 Å². The largest absolute Gasteiger partial charge is 0.393 e. The minimum absolute atomic E-state index is 0.213. The Balaban J connectivity index is 2.21. The van der Waals surface area contributed by atoms with E-state index < -0.39 is 0 Å². The highest BCUT2D eigenvalue weighted by molar-refractivity contribution is 4.77. The van der Waals surface area contributed by atoms with Crippen molar-refractivity contribution in [3.05, 3.63) is 0 Å². The molecule has 84 valence electrons. The normalized spacial score (nSPS) is 32.6. The molecule has 0 radical (unpaired) electrons. The maximum absolute atomic E-state index is 9.24. The van der Waals surface area contributed by atoms with E-state index in [0.29, 0.717) is 18.2 Å². The fourth-order valence-corrected chi connectivity index (χ4v) is 2.13. The van der Waals surface area contributed by atoms with Crippen LogP contribution in [0.4, 0.5) is 0 Å². The van der Waals surface area contributed by atoms with Crippen molar-refractivity contribution in [3.8, 4) is 0 Å². The van der Waals surface area contributed by atoms with Crippen LogP contribution in [0.15, 0.2) is 0 Å². The predicted octanol–water partition coefficient (Wildman–Crippen LogP) is 1.30. The van der Waals surface area contributed by atoms with Gasteiger partial charge in [0.2, 0.25) is 0 Å². The van der Waals surface area contributed by atoms with Crippen LogP contribution in [0, 0.1) is 0 Å². The number of aliphatic hydroxyl groups is 1. The summed E-state index contributed by atoms with van der Waals surface area (Å²) < 4.78 is 5.48. The highest BCUT2D eigenvalue weighted by Gasteiger charge is 2.20. The summed E-state index contributed by atoms with van der Waals surface area (Å²) in [5.41, 5.74) is 0. The molecule has 0 saturated carbocycles. The molecule has 1 rings (SSSR count). The predicted molar refractivity (Wildman–Crippen MR) is 57.3 cm³/mol. The molecule has 0 spiro atoms. The van der Waals surface area contributed by atoms with Gasteiger partial charge in [-0.15, -0.1) is 0 Å². The number of hydrogen-bond acceptors (Lipinski definition) is 3. The van der Waals surface area contributed by atoms with Crippen molar-refractivity contribution < 1.29 is 9.84 Å². The lowest BCUT2D eigenvalue weighted by molar-refractivity contribution is 0.0106. The minimum Gasteiger partial charge on any atom is -0.393 e. The van der Waals surface area contributed by atoms with E-state index in [1.807, 2.05) is 6.92 Å². The quantitative estimate of drug-likeness (QED) is 0.720. The number of aliphatic hydroxyl groups excluding tert-OH is 1. The first-order chi connectivity index (χ1) is 6.58. The molecule has 14 heavy (non-hydrogen) atoms. The van der Waals surface area contributed by atoms with Crippen LogP contribution in [-0.2, 0) is 4.74 Å². The molecule has 0 aromatic carbocycles. The number of rotatable bonds is 4. The van der Waals surface area contributed by atoms with Gasteiger partial charge in [-0.1, -0.05) is 0 Å². The summed E-state index contributed by atoms with van der Waals surface area (Å²) in [7, 11) is 0. The maximum Gasteiger partial charge on any atom is 0.0561 e. The van der Waals surface area contributed by atoms with Gasteiger partial charge < -0.3 is 15.2 Å². The van der Waals surface area contributed by atoms with Gasteiger partial charge in [-0.2, -0.15) is 0 Å². The third kappa shape index (κ3) is 4.40. The fourth-order valence-electron chi connectivity index (χ4n) is 2.13. The van der Waals surface area contributed by atoms with Crippen LogP contribution < -0.4 is 5.32 Å². The van der Waals surface area contributed by atoms with Gasteiger partial charge in [-0.05, 0) is 40.0 Å². The molecule has 1 aliphatic rings. The van der Waals surface area contributed by atoms with E-state index in [1.165, 1.54) is 0 Å². The summed E-state index contributed by atoms with van der Waals surface area (Å²) in [4.78, 5) is 0. The SMILES string of the molecule is CC(O)CC(C)NC1CCOC(C)C1. The maximum atomic E-state index is 9.24. The molecule has 0 aromatic heterocycles. The first kappa shape index (κ1) is 12.0. The molecule has 0 bridgehead atoms. The molecule has 1 aliphatic heterocycles. The Morgan fingerprint density at radius 1 is 1.50 bits per heavy atom. The molecule has 1 fully saturated rings. The van der Waals surface area contributed by atoms with Crippen LogP contribution in [0.5, 0.6) is 0 Å². The van der Waals surface area contributed by atoms with E-state index in [0.717, 1.165) is 25.9 Å². The van der Waals surface area contributed by atoms with Crippen molar-refractivity contribution in [2.45, 2.75) is 64.3 Å². The Bertz CT molecular complexity index is 161. The second kappa shape index (κ2) is 5.69. The summed E-state index contributed by atoms with van der Waals surface area (Å²) in [6, 6.07) is 0.956. The lowest BCUT2D eigenvalue weighted by atomic mass is 10.0. The molecule has 2 N–H and O–H groups in total. The molecule has 3 heteroatoms. The molecule has 4 unspecified atom stereocenters. The highest BCUT2D eigenvalue weighted by atomic mass is 16.5. The second-order valence-corrected chi connectivity index (χ2v) is 4.56. The monoisotopic (exact) mass is 201 g/mol. The lowest BCUT2D eigenvalue weighted by Crippen LogP contribution is -2.43. The van der Waals surface area contributed by atoms with Crippen LogP contribution in [0.2, 0.25) is 0 Å². The van der Waals surface area contributed by atoms with Gasteiger partial charge in [0.15, 0.2) is 0 Å². The molecule has 1 heterocycles. The minimum atomic E-state index is -0.213. The van der Waals surface area contributed by atoms with Gasteiger partial charge in [-0.25, -0.2) is 0 Å². The van der Waals surface area contributed by atoms with E-state index in [4.69, 9.17) is 4.74 Å². The van der Waals surface area contributed by atoms with Crippen molar-refractivity contribution in [2.75, 3.05) is 6.61 Å². The van der Waals surface area contributed by atoms with E-state index in [2.05, 4.69) is 19.2 Å². The molecule has 0 aromatic rings. The van der Waals surface area contributed by atoms with Crippen molar-refractivity contribution >= 4 is 0 Å². The highest BCUT2D eigenvalue weighted by Crippen LogP contribution is 2.14. The van der Waals surface area contributed by atoms with Crippen LogP contribution in [0.1, 0.15) is 40.0 Å². The zero-order valence-corrected chi connectivity index (χ0v) is 9.49. The van der Waals surface area contributed by atoms with E-state index >= 15 is 0 Å². The molecular weight excluding hydrogens is 178 g/mol. The van der Waals surface area contributed by atoms with Crippen molar-refractivity contribution in [1.82, 2.24) is 5.32 Å². The lowest BCUT2D eigenvalue weighted by Gasteiger charge is -2.30. The first-order valence-electron chi connectivity index (χ1n) is 5.63. The smallest absolute Gasteiger partial charge is 0.0561 e. The second-order valence-electron chi connectivity index (χ2n) is 4.56. The summed E-state index contributed by atoms with van der Waals surface area (Å²) >= 11 is 0. The third-order valence-corrected chi connectivity index (χ3v) is 2.70. The fraction of sp³-hybridized carbons (Fsp3) is 1.00. The van der Waals surface area contributed by atoms with Crippen LogP contribution in [0.25, 0.3) is 0 Å². The zero-order chi connectivity index (χ0) is 10.6. The first-order valence-corrected chi connectivity index (χ1v) is 5.63. The topological polar surface area (TPSA) is 41.5 Å². The Morgan fingerprint density at radius 2 is 2.21 bits per heavy atom. The summed E-state index contributed by atoms with van der Waals surface area (Å²) in [6.45, 7) is 6.95. The summed E-state index contributed by atoms with van der Waals surface area (Å²) in [5, 5.41) is 12.8. The average molecular weight is 201 g/mol.